The lowest BCUT2D eigenvalue weighted by Crippen LogP contribution is -2.01. The van der Waals surface area contributed by atoms with E-state index in [0.717, 1.165) is 16.4 Å². The summed E-state index contributed by atoms with van der Waals surface area (Å²) in [5.41, 5.74) is 0. The number of hydrogen-bond donors (Lipinski definition) is 1. The van der Waals surface area contributed by atoms with Crippen LogP contribution in [0.5, 0.6) is 11.5 Å². The molecule has 3 rings (SSSR count). The van der Waals surface area contributed by atoms with Crippen LogP contribution >= 0.6 is 66.1 Å². The molecular weight excluding hydrogens is 630 g/mol. The minimum Gasteiger partial charge on any atom is -0.457 e. The smallest absolute Gasteiger partial charge is 0.261 e. The molecule has 16 heteroatoms. The first-order valence-electron chi connectivity index (χ1n) is 8.43. The predicted molar refractivity (Wildman–Crippen MR) is 138 cm³/mol. The first-order valence-corrected chi connectivity index (χ1v) is 17.6. The van der Waals surface area contributed by atoms with Crippen molar-refractivity contribution in [2.75, 3.05) is 0 Å². The maximum atomic E-state index is 11.1. The van der Waals surface area contributed by atoms with E-state index < -0.39 is 41.8 Å². The number of ether oxygens (including phenoxy) is 1. The molecule has 0 amide bonds. The standard InChI is InChI=1S/C12H9ClOS2.C6H3Cl3O6S3/c13-9-1-3-10(4-2-9)14-11-5-7-12(16-15)8-6-11;7-16(10,11)4-1-5(17(8,12)13)3-6(2-4)18(9,14)15/h1-8,15H;1-3H. The zero-order valence-corrected chi connectivity index (χ0v) is 23.5. The van der Waals surface area contributed by atoms with Crippen LogP contribution in [-0.4, -0.2) is 25.3 Å². The number of benzene rings is 3. The minimum atomic E-state index is -4.34. The number of hydrogen-bond acceptors (Lipinski definition) is 9. The van der Waals surface area contributed by atoms with E-state index in [9.17, 15) is 25.3 Å². The van der Waals surface area contributed by atoms with Crippen molar-refractivity contribution in [1.29, 1.82) is 0 Å². The van der Waals surface area contributed by atoms with Gasteiger partial charge in [0.2, 0.25) is 0 Å². The molecule has 0 saturated carbocycles. The average molecular weight is 642 g/mol. The van der Waals surface area contributed by atoms with E-state index in [0.29, 0.717) is 23.2 Å². The van der Waals surface area contributed by atoms with Gasteiger partial charge in [-0.3, -0.25) is 0 Å². The Hall–Kier alpha value is -0.830. The summed E-state index contributed by atoms with van der Waals surface area (Å²) in [5, 5.41) is 0.703. The van der Waals surface area contributed by atoms with Crippen LogP contribution in [0, 0.1) is 0 Å². The van der Waals surface area contributed by atoms with Crippen LogP contribution in [-0.2, 0) is 27.2 Å². The van der Waals surface area contributed by atoms with E-state index >= 15 is 0 Å². The van der Waals surface area contributed by atoms with Crippen molar-refractivity contribution in [3.05, 3.63) is 71.8 Å². The van der Waals surface area contributed by atoms with E-state index in [2.05, 4.69) is 11.7 Å². The van der Waals surface area contributed by atoms with E-state index in [4.69, 9.17) is 48.4 Å². The molecule has 3 aromatic rings. The Morgan fingerprint density at radius 2 is 0.941 bits per heavy atom. The summed E-state index contributed by atoms with van der Waals surface area (Å²) in [6, 6.07) is 16.9. The van der Waals surface area contributed by atoms with Crippen molar-refractivity contribution < 1.29 is 30.0 Å². The summed E-state index contributed by atoms with van der Waals surface area (Å²) < 4.78 is 72.1. The lowest BCUT2D eigenvalue weighted by atomic mass is 10.3. The highest BCUT2D eigenvalue weighted by Crippen LogP contribution is 2.28. The van der Waals surface area contributed by atoms with Crippen LogP contribution in [0.4, 0.5) is 0 Å². The molecule has 0 N–H and O–H groups in total. The highest BCUT2D eigenvalue weighted by atomic mass is 35.7. The Bertz CT molecular complexity index is 1350. The van der Waals surface area contributed by atoms with E-state index in [1.54, 1.807) is 12.1 Å². The largest absolute Gasteiger partial charge is 0.457 e. The minimum absolute atomic E-state index is 0.621. The Morgan fingerprint density at radius 1 is 0.618 bits per heavy atom. The first kappa shape index (κ1) is 29.4. The van der Waals surface area contributed by atoms with Crippen LogP contribution in [0.2, 0.25) is 5.02 Å². The van der Waals surface area contributed by atoms with Gasteiger partial charge in [0.25, 0.3) is 27.2 Å². The summed E-state index contributed by atoms with van der Waals surface area (Å²) in [6.07, 6.45) is 0. The van der Waals surface area contributed by atoms with Crippen molar-refractivity contribution in [3.8, 4) is 11.5 Å². The molecule has 0 bridgehead atoms. The predicted octanol–water partition coefficient (Wildman–Crippen LogP) is 6.54. The lowest BCUT2D eigenvalue weighted by Gasteiger charge is -2.05. The topological polar surface area (TPSA) is 112 Å². The summed E-state index contributed by atoms with van der Waals surface area (Å²) in [6.45, 7) is 0. The second-order valence-corrected chi connectivity index (χ2v) is 15.4. The normalized spacial score (nSPS) is 11.9. The monoisotopic (exact) mass is 640 g/mol. The molecule has 0 saturated heterocycles. The molecule has 0 unspecified atom stereocenters. The van der Waals surface area contributed by atoms with Crippen LogP contribution < -0.4 is 4.74 Å². The summed E-state index contributed by atoms with van der Waals surface area (Å²) in [7, 11) is 3.38. The first-order chi connectivity index (χ1) is 15.6. The molecule has 0 atom stereocenters. The third-order valence-corrected chi connectivity index (χ3v) is 9.04. The Morgan fingerprint density at radius 3 is 1.24 bits per heavy atom. The molecule has 184 valence electrons. The Kier molecular flexibility index (Phi) is 10.3. The fraction of sp³-hybridized carbons (Fsp3) is 0. The summed E-state index contributed by atoms with van der Waals surface area (Å²) in [5.74, 6) is 1.57. The SMILES string of the molecule is O=S(=O)(Cl)c1cc(S(=O)(=O)Cl)cc(S(=O)(=O)Cl)c1.SSc1ccc(Oc2ccc(Cl)cc2)cc1. The van der Waals surface area contributed by atoms with Gasteiger partial charge in [0.05, 0.1) is 14.7 Å². The average Bonchev–Trinajstić information content (AvgIpc) is 2.74. The second kappa shape index (κ2) is 11.9. The Balaban J connectivity index is 0.000000241. The quantitative estimate of drug-likeness (QED) is 0.183. The van der Waals surface area contributed by atoms with Crippen molar-refractivity contribution in [3.63, 3.8) is 0 Å². The fourth-order valence-electron chi connectivity index (χ4n) is 2.18. The van der Waals surface area contributed by atoms with Gasteiger partial charge in [0.1, 0.15) is 11.5 Å². The molecule has 0 spiro atoms. The maximum Gasteiger partial charge on any atom is 0.261 e. The van der Waals surface area contributed by atoms with Crippen molar-refractivity contribution in [2.45, 2.75) is 19.6 Å². The van der Waals surface area contributed by atoms with Gasteiger partial charge in [-0.25, -0.2) is 25.3 Å². The van der Waals surface area contributed by atoms with E-state index in [1.807, 2.05) is 36.4 Å². The lowest BCUT2D eigenvalue weighted by molar-refractivity contribution is 0.482. The van der Waals surface area contributed by atoms with Gasteiger partial charge in [0, 0.05) is 42.0 Å². The number of halogens is 4. The Labute approximate surface area is 224 Å². The van der Waals surface area contributed by atoms with Crippen molar-refractivity contribution in [2.24, 2.45) is 0 Å². The second-order valence-electron chi connectivity index (χ2n) is 6.07. The van der Waals surface area contributed by atoms with Gasteiger partial charge >= 0.3 is 0 Å². The van der Waals surface area contributed by atoms with Gasteiger partial charge in [0.15, 0.2) is 0 Å². The molecule has 0 radical (unpaired) electrons. The molecule has 0 aliphatic carbocycles. The van der Waals surface area contributed by atoms with Crippen LogP contribution in [0.25, 0.3) is 0 Å². The van der Waals surface area contributed by atoms with Gasteiger partial charge in [-0.2, -0.15) is 0 Å². The van der Waals surface area contributed by atoms with Crippen molar-refractivity contribution in [1.82, 2.24) is 0 Å². The van der Waals surface area contributed by atoms with Crippen LogP contribution in [0.15, 0.2) is 86.3 Å². The van der Waals surface area contributed by atoms with Gasteiger partial charge in [-0.15, -0.1) is 11.7 Å². The van der Waals surface area contributed by atoms with E-state index in [1.165, 1.54) is 10.8 Å². The number of rotatable bonds is 6. The van der Waals surface area contributed by atoms with Gasteiger partial charge in [-0.1, -0.05) is 22.4 Å². The van der Waals surface area contributed by atoms with Gasteiger partial charge in [-0.05, 0) is 66.7 Å². The molecule has 3 aromatic carbocycles. The number of thiol groups is 1. The molecule has 34 heavy (non-hydrogen) atoms. The molecule has 7 nitrogen and oxygen atoms in total. The molecule has 0 aliphatic rings. The summed E-state index contributed by atoms with van der Waals surface area (Å²) >= 11 is 9.90. The molecule has 0 aromatic heterocycles. The highest BCUT2D eigenvalue weighted by molar-refractivity contribution is 8.68. The third-order valence-electron chi connectivity index (χ3n) is 3.68. The van der Waals surface area contributed by atoms with E-state index in [-0.39, 0.29) is 0 Å². The molecular formula is C18H12Cl4O7S5. The van der Waals surface area contributed by atoms with Crippen molar-refractivity contribution >= 4 is 93.3 Å². The summed E-state index contributed by atoms with van der Waals surface area (Å²) in [4.78, 5) is -1.15. The van der Waals surface area contributed by atoms with Gasteiger partial charge < -0.3 is 4.74 Å². The molecule has 0 aliphatic heterocycles. The van der Waals surface area contributed by atoms with Crippen LogP contribution in [0.3, 0.4) is 0 Å². The fourth-order valence-corrected chi connectivity index (χ4v) is 5.56. The maximum absolute atomic E-state index is 11.1. The molecule has 0 fully saturated rings. The zero-order chi connectivity index (χ0) is 25.7. The molecule has 0 heterocycles. The van der Waals surface area contributed by atoms with Crippen LogP contribution in [0.1, 0.15) is 0 Å². The highest BCUT2D eigenvalue weighted by Gasteiger charge is 2.22. The third kappa shape index (κ3) is 9.32. The zero-order valence-electron chi connectivity index (χ0n) is 16.3.